The van der Waals surface area contributed by atoms with Crippen LogP contribution in [0.3, 0.4) is 0 Å². The number of hydrogen-bond acceptors (Lipinski definition) is 3. The molecule has 3 aromatic rings. The molecule has 0 aliphatic heterocycles. The van der Waals surface area contributed by atoms with Crippen molar-refractivity contribution in [3.8, 4) is 21.6 Å². The number of aromatic nitrogens is 1. The van der Waals surface area contributed by atoms with E-state index in [0.29, 0.717) is 10.7 Å². The lowest BCUT2D eigenvalue weighted by atomic mass is 9.90. The Kier molecular flexibility index (Phi) is 5.03. The summed E-state index contributed by atoms with van der Waals surface area (Å²) in [6, 6.07) is 11.4. The Morgan fingerprint density at radius 1 is 1.15 bits per heavy atom. The Hall–Kier alpha value is -2.37. The fourth-order valence-electron chi connectivity index (χ4n) is 2.57. The van der Waals surface area contributed by atoms with Gasteiger partial charge >= 0.3 is 6.09 Å². The van der Waals surface area contributed by atoms with Gasteiger partial charge in [-0.3, -0.25) is 10.3 Å². The maximum Gasteiger partial charge on any atom is 0.409 e. The minimum atomic E-state index is -1.11. The second kappa shape index (κ2) is 7.09. The molecule has 0 radical (unpaired) electrons. The highest BCUT2D eigenvalue weighted by molar-refractivity contribution is 7.14. The van der Waals surface area contributed by atoms with Crippen LogP contribution in [0.2, 0.25) is 5.02 Å². The zero-order chi connectivity index (χ0) is 18.9. The van der Waals surface area contributed by atoms with Crippen LogP contribution in [0, 0.1) is 0 Å². The van der Waals surface area contributed by atoms with Crippen LogP contribution in [0.25, 0.3) is 21.6 Å². The highest BCUT2D eigenvalue weighted by Crippen LogP contribution is 2.37. The number of amides is 1. The molecular weight excluding hydrogens is 368 g/mol. The lowest BCUT2D eigenvalue weighted by Gasteiger charge is -2.18. The molecule has 0 saturated carbocycles. The molecular formula is C20H19ClN2O2S. The van der Waals surface area contributed by atoms with E-state index in [1.165, 1.54) is 0 Å². The molecule has 0 bridgehead atoms. The van der Waals surface area contributed by atoms with Crippen LogP contribution in [-0.2, 0) is 5.41 Å². The smallest absolute Gasteiger partial charge is 0.409 e. The fraction of sp³-hybridized carbons (Fsp3) is 0.200. The minimum Gasteiger partial charge on any atom is -0.465 e. The SMILES string of the molecule is CC(C)(C)c1cc(-c2csc(-c3ccc(NC(=O)O)cc3Cl)c2)ccn1. The Bertz CT molecular complexity index is 960. The van der Waals surface area contributed by atoms with Crippen molar-refractivity contribution >= 4 is 34.7 Å². The third-order valence-corrected chi connectivity index (χ3v) is 5.22. The number of nitrogens with zero attached hydrogens (tertiary/aromatic N) is 1. The van der Waals surface area contributed by atoms with Crippen molar-refractivity contribution in [3.05, 3.63) is 58.7 Å². The number of pyridine rings is 1. The Balaban J connectivity index is 1.92. The molecule has 26 heavy (non-hydrogen) atoms. The molecule has 2 heterocycles. The summed E-state index contributed by atoms with van der Waals surface area (Å²) in [6.45, 7) is 6.43. The van der Waals surface area contributed by atoms with Crippen LogP contribution >= 0.6 is 22.9 Å². The molecule has 0 spiro atoms. The summed E-state index contributed by atoms with van der Waals surface area (Å²) < 4.78 is 0. The Morgan fingerprint density at radius 3 is 2.58 bits per heavy atom. The van der Waals surface area contributed by atoms with E-state index in [9.17, 15) is 4.79 Å². The maximum absolute atomic E-state index is 10.7. The second-order valence-corrected chi connectivity index (χ2v) is 8.32. The first-order valence-electron chi connectivity index (χ1n) is 8.09. The van der Waals surface area contributed by atoms with Crippen LogP contribution < -0.4 is 5.32 Å². The van der Waals surface area contributed by atoms with Gasteiger partial charge < -0.3 is 5.11 Å². The molecule has 4 nitrogen and oxygen atoms in total. The van der Waals surface area contributed by atoms with Crippen molar-refractivity contribution in [1.29, 1.82) is 0 Å². The molecule has 2 aromatic heterocycles. The standard InChI is InChI=1S/C20H19ClN2O2S/c1-20(2,3)18-9-12(6-7-22-18)13-8-17(26-11-13)15-5-4-14(10-16(15)21)23-19(24)25/h4-11,23H,1-3H3,(H,24,25). The van der Waals surface area contributed by atoms with Crippen molar-refractivity contribution in [2.24, 2.45) is 0 Å². The summed E-state index contributed by atoms with van der Waals surface area (Å²) in [5.74, 6) is 0. The van der Waals surface area contributed by atoms with Crippen molar-refractivity contribution in [2.45, 2.75) is 26.2 Å². The van der Waals surface area contributed by atoms with E-state index in [-0.39, 0.29) is 5.41 Å². The number of halogens is 1. The third-order valence-electron chi connectivity index (χ3n) is 3.95. The predicted molar refractivity (Wildman–Crippen MR) is 108 cm³/mol. The van der Waals surface area contributed by atoms with Gasteiger partial charge in [0, 0.05) is 33.4 Å². The van der Waals surface area contributed by atoms with Crippen molar-refractivity contribution in [2.75, 3.05) is 5.32 Å². The lowest BCUT2D eigenvalue weighted by molar-refractivity contribution is 0.210. The van der Waals surface area contributed by atoms with E-state index in [2.05, 4.69) is 48.6 Å². The quantitative estimate of drug-likeness (QED) is 0.538. The van der Waals surface area contributed by atoms with Gasteiger partial charge in [-0.15, -0.1) is 11.3 Å². The lowest BCUT2D eigenvalue weighted by Crippen LogP contribution is -2.13. The predicted octanol–water partition coefficient (Wildman–Crippen LogP) is 6.52. The highest BCUT2D eigenvalue weighted by atomic mass is 35.5. The van der Waals surface area contributed by atoms with Crippen LogP contribution in [-0.4, -0.2) is 16.2 Å². The molecule has 0 fully saturated rings. The Morgan fingerprint density at radius 2 is 1.92 bits per heavy atom. The number of benzene rings is 1. The summed E-state index contributed by atoms with van der Waals surface area (Å²) in [4.78, 5) is 16.2. The van der Waals surface area contributed by atoms with Crippen molar-refractivity contribution < 1.29 is 9.90 Å². The number of carboxylic acid groups (broad SMARTS) is 1. The molecule has 0 aliphatic carbocycles. The van der Waals surface area contributed by atoms with E-state index in [1.54, 1.807) is 23.5 Å². The molecule has 1 aromatic carbocycles. The van der Waals surface area contributed by atoms with E-state index in [4.69, 9.17) is 16.7 Å². The molecule has 0 atom stereocenters. The molecule has 0 unspecified atom stereocenters. The molecule has 3 rings (SSSR count). The van der Waals surface area contributed by atoms with Gasteiger partial charge in [-0.2, -0.15) is 0 Å². The van der Waals surface area contributed by atoms with Crippen LogP contribution in [0.1, 0.15) is 26.5 Å². The zero-order valence-corrected chi connectivity index (χ0v) is 16.3. The first kappa shape index (κ1) is 18.4. The number of thiophene rings is 1. The average molecular weight is 387 g/mol. The molecule has 0 saturated heterocycles. The molecule has 2 N–H and O–H groups in total. The van der Waals surface area contributed by atoms with Crippen molar-refractivity contribution in [1.82, 2.24) is 4.98 Å². The maximum atomic E-state index is 10.7. The molecule has 134 valence electrons. The summed E-state index contributed by atoms with van der Waals surface area (Å²) in [5, 5.41) is 13.7. The van der Waals surface area contributed by atoms with E-state index >= 15 is 0 Å². The summed E-state index contributed by atoms with van der Waals surface area (Å²) in [6.07, 6.45) is 0.728. The van der Waals surface area contributed by atoms with Gasteiger partial charge in [0.15, 0.2) is 0 Å². The highest BCUT2D eigenvalue weighted by Gasteiger charge is 2.16. The number of anilines is 1. The largest absolute Gasteiger partial charge is 0.465 e. The number of rotatable bonds is 3. The first-order chi connectivity index (χ1) is 12.2. The number of carbonyl (C=O) groups is 1. The summed E-state index contributed by atoms with van der Waals surface area (Å²) in [5.41, 5.74) is 4.60. The normalized spacial score (nSPS) is 11.4. The van der Waals surface area contributed by atoms with Gasteiger partial charge in [-0.25, -0.2) is 4.79 Å². The summed E-state index contributed by atoms with van der Waals surface area (Å²) in [7, 11) is 0. The van der Waals surface area contributed by atoms with Crippen LogP contribution in [0.5, 0.6) is 0 Å². The number of hydrogen-bond donors (Lipinski definition) is 2. The van der Waals surface area contributed by atoms with Crippen LogP contribution in [0.4, 0.5) is 10.5 Å². The van der Waals surface area contributed by atoms with E-state index in [0.717, 1.165) is 27.3 Å². The van der Waals surface area contributed by atoms with Gasteiger partial charge in [0.2, 0.25) is 0 Å². The Labute approximate surface area is 161 Å². The molecule has 1 amide bonds. The third kappa shape index (κ3) is 4.06. The van der Waals surface area contributed by atoms with E-state index < -0.39 is 6.09 Å². The average Bonchev–Trinajstić information content (AvgIpc) is 3.03. The molecule has 6 heteroatoms. The second-order valence-electron chi connectivity index (χ2n) is 7.00. The van der Waals surface area contributed by atoms with Crippen LogP contribution in [0.15, 0.2) is 48.0 Å². The van der Waals surface area contributed by atoms with Gasteiger partial charge in [-0.1, -0.05) is 32.4 Å². The van der Waals surface area contributed by atoms with Gasteiger partial charge in [0.05, 0.1) is 5.02 Å². The number of nitrogens with one attached hydrogen (secondary N) is 1. The van der Waals surface area contributed by atoms with Crippen molar-refractivity contribution in [3.63, 3.8) is 0 Å². The summed E-state index contributed by atoms with van der Waals surface area (Å²) >= 11 is 7.95. The van der Waals surface area contributed by atoms with Gasteiger partial charge in [0.1, 0.15) is 0 Å². The van der Waals surface area contributed by atoms with E-state index in [1.807, 2.05) is 18.3 Å². The molecule has 0 aliphatic rings. The van der Waals surface area contributed by atoms with Gasteiger partial charge in [0.25, 0.3) is 0 Å². The van der Waals surface area contributed by atoms with Gasteiger partial charge in [-0.05, 0) is 52.9 Å². The first-order valence-corrected chi connectivity index (χ1v) is 9.35. The fourth-order valence-corrected chi connectivity index (χ4v) is 3.86. The monoisotopic (exact) mass is 386 g/mol. The minimum absolute atomic E-state index is 0.00879. The zero-order valence-electron chi connectivity index (χ0n) is 14.7. The topological polar surface area (TPSA) is 62.2 Å².